The molecule has 1 fully saturated rings. The van der Waals surface area contributed by atoms with Crippen molar-refractivity contribution in [2.24, 2.45) is 5.73 Å². The van der Waals surface area contributed by atoms with Crippen molar-refractivity contribution >= 4 is 5.95 Å². The zero-order valence-corrected chi connectivity index (χ0v) is 10.6. The van der Waals surface area contributed by atoms with Crippen LogP contribution in [0.25, 0.3) is 0 Å². The van der Waals surface area contributed by atoms with Gasteiger partial charge in [-0.3, -0.25) is 0 Å². The van der Waals surface area contributed by atoms with Crippen molar-refractivity contribution in [3.05, 3.63) is 18.0 Å². The van der Waals surface area contributed by atoms with Gasteiger partial charge in [0.1, 0.15) is 0 Å². The maximum absolute atomic E-state index is 5.76. The Morgan fingerprint density at radius 1 is 1.18 bits per heavy atom. The van der Waals surface area contributed by atoms with Gasteiger partial charge < -0.3 is 10.6 Å². The number of nitrogens with two attached hydrogens (primary N) is 1. The highest BCUT2D eigenvalue weighted by atomic mass is 15.2. The molecule has 1 aliphatic heterocycles. The molecule has 0 aliphatic carbocycles. The fraction of sp³-hybridized carbons (Fsp3) is 0.692. The maximum Gasteiger partial charge on any atom is 0.225 e. The average Bonchev–Trinajstić information content (AvgIpc) is 2.58. The quantitative estimate of drug-likeness (QED) is 0.865. The van der Waals surface area contributed by atoms with Crippen LogP contribution in [0.2, 0.25) is 0 Å². The average molecular weight is 234 g/mol. The van der Waals surface area contributed by atoms with Gasteiger partial charge in [-0.2, -0.15) is 0 Å². The molecule has 2 heterocycles. The van der Waals surface area contributed by atoms with E-state index in [1.807, 2.05) is 19.3 Å². The molecule has 2 N–H and O–H groups in total. The van der Waals surface area contributed by atoms with Crippen molar-refractivity contribution in [1.29, 1.82) is 0 Å². The number of rotatable bonds is 3. The molecule has 0 bridgehead atoms. The third-order valence-electron chi connectivity index (χ3n) is 3.14. The number of anilines is 1. The number of hydrogen-bond acceptors (Lipinski definition) is 4. The summed E-state index contributed by atoms with van der Waals surface area (Å²) in [6, 6.07) is 0.169. The molecule has 1 saturated heterocycles. The van der Waals surface area contributed by atoms with Gasteiger partial charge in [-0.25, -0.2) is 9.97 Å². The summed E-state index contributed by atoms with van der Waals surface area (Å²) >= 11 is 0. The zero-order chi connectivity index (χ0) is 12.1. The highest BCUT2D eigenvalue weighted by Gasteiger charge is 2.12. The highest BCUT2D eigenvalue weighted by molar-refractivity contribution is 5.30. The SMILES string of the molecule is CC(N)Cc1cnc(N2CCCCCC2)nc1. The van der Waals surface area contributed by atoms with E-state index in [0.717, 1.165) is 31.0 Å². The first-order valence-corrected chi connectivity index (χ1v) is 6.57. The van der Waals surface area contributed by atoms with Crippen molar-refractivity contribution in [1.82, 2.24) is 9.97 Å². The minimum atomic E-state index is 0.169. The van der Waals surface area contributed by atoms with Crippen molar-refractivity contribution in [2.75, 3.05) is 18.0 Å². The van der Waals surface area contributed by atoms with Crippen LogP contribution in [0.5, 0.6) is 0 Å². The lowest BCUT2D eigenvalue weighted by atomic mass is 10.1. The Morgan fingerprint density at radius 3 is 2.29 bits per heavy atom. The predicted octanol–water partition coefficient (Wildman–Crippen LogP) is 1.75. The predicted molar refractivity (Wildman–Crippen MR) is 70.1 cm³/mol. The summed E-state index contributed by atoms with van der Waals surface area (Å²) in [4.78, 5) is 11.2. The molecular formula is C13H22N4. The molecule has 0 saturated carbocycles. The van der Waals surface area contributed by atoms with Gasteiger partial charge in [0.25, 0.3) is 0 Å². The lowest BCUT2D eigenvalue weighted by Crippen LogP contribution is -2.26. The van der Waals surface area contributed by atoms with Crippen LogP contribution < -0.4 is 10.6 Å². The Balaban J connectivity index is 2.00. The molecule has 1 aromatic heterocycles. The highest BCUT2D eigenvalue weighted by Crippen LogP contribution is 2.15. The van der Waals surface area contributed by atoms with Crippen LogP contribution >= 0.6 is 0 Å². The molecule has 1 aliphatic rings. The minimum absolute atomic E-state index is 0.169. The standard InChI is InChI=1S/C13H22N4/c1-11(14)8-12-9-15-13(16-10-12)17-6-4-2-3-5-7-17/h9-11H,2-8,14H2,1H3. The van der Waals surface area contributed by atoms with Gasteiger partial charge in [-0.1, -0.05) is 12.8 Å². The lowest BCUT2D eigenvalue weighted by Gasteiger charge is -2.20. The second kappa shape index (κ2) is 5.96. The van der Waals surface area contributed by atoms with Crippen LogP contribution in [0.3, 0.4) is 0 Å². The molecule has 94 valence electrons. The Morgan fingerprint density at radius 2 is 1.76 bits per heavy atom. The first kappa shape index (κ1) is 12.3. The normalized spacial score (nSPS) is 18.8. The number of nitrogens with zero attached hydrogens (tertiary/aromatic N) is 3. The van der Waals surface area contributed by atoms with Gasteiger partial charge in [0.2, 0.25) is 5.95 Å². The molecule has 4 heteroatoms. The summed E-state index contributed by atoms with van der Waals surface area (Å²) in [5.74, 6) is 0.875. The van der Waals surface area contributed by atoms with Crippen molar-refractivity contribution < 1.29 is 0 Å². The first-order chi connectivity index (χ1) is 8.25. The smallest absolute Gasteiger partial charge is 0.225 e. The number of hydrogen-bond donors (Lipinski definition) is 1. The molecule has 0 radical (unpaired) electrons. The van der Waals surface area contributed by atoms with Gasteiger partial charge in [0.05, 0.1) is 0 Å². The van der Waals surface area contributed by atoms with Crippen molar-refractivity contribution in [2.45, 2.75) is 45.1 Å². The van der Waals surface area contributed by atoms with Gasteiger partial charge in [-0.15, -0.1) is 0 Å². The maximum atomic E-state index is 5.76. The van der Waals surface area contributed by atoms with Crippen LogP contribution in [0.1, 0.15) is 38.2 Å². The molecule has 0 aromatic carbocycles. The summed E-state index contributed by atoms with van der Waals surface area (Å²) in [6.07, 6.45) is 9.85. The molecular weight excluding hydrogens is 212 g/mol. The summed E-state index contributed by atoms with van der Waals surface area (Å²) in [5, 5.41) is 0. The fourth-order valence-electron chi connectivity index (χ4n) is 2.26. The summed E-state index contributed by atoms with van der Waals surface area (Å²) in [5.41, 5.74) is 6.88. The summed E-state index contributed by atoms with van der Waals surface area (Å²) in [6.45, 7) is 4.18. The van der Waals surface area contributed by atoms with Gasteiger partial charge in [0, 0.05) is 31.5 Å². The number of aromatic nitrogens is 2. The van der Waals surface area contributed by atoms with E-state index in [1.165, 1.54) is 25.7 Å². The van der Waals surface area contributed by atoms with E-state index in [4.69, 9.17) is 5.73 Å². The van der Waals surface area contributed by atoms with Gasteiger partial charge >= 0.3 is 0 Å². The van der Waals surface area contributed by atoms with E-state index in [-0.39, 0.29) is 6.04 Å². The second-order valence-corrected chi connectivity index (χ2v) is 4.97. The molecule has 1 unspecified atom stereocenters. The van der Waals surface area contributed by atoms with Crippen LogP contribution in [-0.2, 0) is 6.42 Å². The van der Waals surface area contributed by atoms with E-state index in [0.29, 0.717) is 0 Å². The molecule has 0 amide bonds. The Labute approximate surface area is 103 Å². The Kier molecular flexibility index (Phi) is 4.31. The molecule has 1 aromatic rings. The summed E-state index contributed by atoms with van der Waals surface area (Å²) < 4.78 is 0. The first-order valence-electron chi connectivity index (χ1n) is 6.57. The second-order valence-electron chi connectivity index (χ2n) is 4.97. The Hall–Kier alpha value is -1.16. The molecule has 4 nitrogen and oxygen atoms in total. The molecule has 0 spiro atoms. The topological polar surface area (TPSA) is 55.0 Å². The molecule has 1 atom stereocenters. The monoisotopic (exact) mass is 234 g/mol. The largest absolute Gasteiger partial charge is 0.341 e. The van der Waals surface area contributed by atoms with E-state index >= 15 is 0 Å². The minimum Gasteiger partial charge on any atom is -0.341 e. The third-order valence-corrected chi connectivity index (χ3v) is 3.14. The van der Waals surface area contributed by atoms with Crippen molar-refractivity contribution in [3.8, 4) is 0 Å². The lowest BCUT2D eigenvalue weighted by molar-refractivity contribution is 0.724. The van der Waals surface area contributed by atoms with E-state index in [9.17, 15) is 0 Å². The third kappa shape index (κ3) is 3.66. The van der Waals surface area contributed by atoms with Gasteiger partial charge in [-0.05, 0) is 31.7 Å². The fourth-order valence-corrected chi connectivity index (χ4v) is 2.26. The van der Waals surface area contributed by atoms with Gasteiger partial charge in [0.15, 0.2) is 0 Å². The van der Waals surface area contributed by atoms with Crippen LogP contribution in [0.4, 0.5) is 5.95 Å². The zero-order valence-electron chi connectivity index (χ0n) is 10.6. The van der Waals surface area contributed by atoms with Crippen LogP contribution in [0, 0.1) is 0 Å². The summed E-state index contributed by atoms with van der Waals surface area (Å²) in [7, 11) is 0. The van der Waals surface area contributed by atoms with E-state index in [2.05, 4.69) is 14.9 Å². The molecule has 17 heavy (non-hydrogen) atoms. The van der Waals surface area contributed by atoms with E-state index in [1.54, 1.807) is 0 Å². The Bertz CT molecular complexity index is 326. The van der Waals surface area contributed by atoms with Crippen molar-refractivity contribution in [3.63, 3.8) is 0 Å². The van der Waals surface area contributed by atoms with Crippen LogP contribution in [0.15, 0.2) is 12.4 Å². The molecule has 2 rings (SSSR count). The van der Waals surface area contributed by atoms with Crippen LogP contribution in [-0.4, -0.2) is 29.1 Å². The van der Waals surface area contributed by atoms with E-state index < -0.39 is 0 Å².